The van der Waals surface area contributed by atoms with Gasteiger partial charge in [0, 0.05) is 29.4 Å². The van der Waals surface area contributed by atoms with Gasteiger partial charge < -0.3 is 10.0 Å². The molecule has 1 aromatic heterocycles. The van der Waals surface area contributed by atoms with Gasteiger partial charge in [-0.15, -0.1) is 0 Å². The fraction of sp³-hybridized carbons (Fsp3) is 0.240. The lowest BCUT2D eigenvalue weighted by atomic mass is 9.93. The summed E-state index contributed by atoms with van der Waals surface area (Å²) in [5.41, 5.74) is 4.31. The van der Waals surface area contributed by atoms with Gasteiger partial charge in [-0.25, -0.2) is 4.79 Å². The molecule has 0 spiro atoms. The quantitative estimate of drug-likeness (QED) is 0.346. The van der Waals surface area contributed by atoms with Gasteiger partial charge in [0.05, 0.1) is 17.8 Å². The fourth-order valence-corrected chi connectivity index (χ4v) is 3.92. The number of fused-ring (bicyclic) bond motifs is 2. The van der Waals surface area contributed by atoms with E-state index in [1.54, 1.807) is 11.0 Å². The summed E-state index contributed by atoms with van der Waals surface area (Å²) < 4.78 is 70.1. The molecule has 1 amide bonds. The number of carboxylic acid groups (broad SMARTS) is 1. The molecule has 1 aliphatic heterocycles. The number of pyridine rings is 1. The molecule has 0 bridgehead atoms. The van der Waals surface area contributed by atoms with E-state index in [0.717, 1.165) is 46.6 Å². The van der Waals surface area contributed by atoms with Gasteiger partial charge in [0.2, 0.25) is 5.91 Å². The van der Waals surface area contributed by atoms with E-state index in [9.17, 15) is 31.1 Å². The van der Waals surface area contributed by atoms with Gasteiger partial charge in [0.1, 0.15) is 0 Å². The van der Waals surface area contributed by atoms with Crippen molar-refractivity contribution in [2.75, 3.05) is 4.90 Å². The minimum absolute atomic E-state index is 0.0695. The van der Waals surface area contributed by atoms with E-state index in [0.29, 0.717) is 23.7 Å². The minimum Gasteiger partial charge on any atom is -0.475 e. The number of benzene rings is 2. The van der Waals surface area contributed by atoms with Crippen LogP contribution < -0.4 is 4.90 Å². The van der Waals surface area contributed by atoms with Crippen LogP contribution in [-0.2, 0) is 35.2 Å². The first-order valence-corrected chi connectivity index (χ1v) is 11.1. The zero-order valence-electron chi connectivity index (χ0n) is 19.1. The van der Waals surface area contributed by atoms with Crippen LogP contribution in [-0.4, -0.2) is 28.1 Å². The zero-order chi connectivity index (χ0) is 27.5. The standard InChI is InChI=1S/C23H18ClF3N2O.C2HF3O2/c1-14(30)29-13-18-5-3-16(21-8-6-19(12-28-21)23(25,26)27)10-15(18)2-4-17-11-20(24)7-9-22(17)29;3-2(4,5)1(6)7/h3,5-12H,2,4,13H2,1H3;(H,6,7). The summed E-state index contributed by atoms with van der Waals surface area (Å²) in [6.45, 7) is 1.94. The van der Waals surface area contributed by atoms with Crippen molar-refractivity contribution < 1.29 is 41.0 Å². The molecule has 0 unspecified atom stereocenters. The average Bonchev–Trinajstić information content (AvgIpc) is 2.80. The van der Waals surface area contributed by atoms with Crippen molar-refractivity contribution in [3.8, 4) is 11.3 Å². The lowest BCUT2D eigenvalue weighted by Gasteiger charge is -2.28. The van der Waals surface area contributed by atoms with Crippen molar-refractivity contribution >= 4 is 29.2 Å². The number of hydrogen-bond acceptors (Lipinski definition) is 3. The highest BCUT2D eigenvalue weighted by molar-refractivity contribution is 6.30. The second-order valence-corrected chi connectivity index (χ2v) is 8.53. The lowest BCUT2D eigenvalue weighted by Crippen LogP contribution is -2.30. The maximum absolute atomic E-state index is 12.8. The third-order valence-electron chi connectivity index (χ3n) is 5.54. The second kappa shape index (κ2) is 10.8. The van der Waals surface area contributed by atoms with Crippen molar-refractivity contribution in [1.29, 1.82) is 0 Å². The topological polar surface area (TPSA) is 70.5 Å². The highest BCUT2D eigenvalue weighted by atomic mass is 35.5. The molecular formula is C25H19ClF6N2O3. The number of halogens is 7. The Labute approximate surface area is 212 Å². The molecule has 0 saturated carbocycles. The van der Waals surface area contributed by atoms with Gasteiger partial charge >= 0.3 is 18.3 Å². The molecule has 2 heterocycles. The van der Waals surface area contributed by atoms with Crippen molar-refractivity contribution in [2.24, 2.45) is 0 Å². The molecule has 0 fully saturated rings. The number of aliphatic carboxylic acids is 1. The third-order valence-corrected chi connectivity index (χ3v) is 5.78. The Morgan fingerprint density at radius 3 is 2.11 bits per heavy atom. The molecule has 37 heavy (non-hydrogen) atoms. The third kappa shape index (κ3) is 7.00. The second-order valence-electron chi connectivity index (χ2n) is 8.09. The van der Waals surface area contributed by atoms with Crippen LogP contribution in [0.3, 0.4) is 0 Å². The van der Waals surface area contributed by atoms with Crippen LogP contribution in [0, 0.1) is 0 Å². The number of aryl methyl sites for hydroxylation is 2. The average molecular weight is 545 g/mol. The summed E-state index contributed by atoms with van der Waals surface area (Å²) in [5.74, 6) is -2.83. The fourth-order valence-electron chi connectivity index (χ4n) is 3.73. The molecule has 1 N–H and O–H groups in total. The molecule has 3 aromatic rings. The maximum Gasteiger partial charge on any atom is 0.490 e. The van der Waals surface area contributed by atoms with Crippen molar-refractivity contribution in [2.45, 2.75) is 38.7 Å². The Hall–Kier alpha value is -3.60. The van der Waals surface area contributed by atoms with Gasteiger partial charge in [-0.2, -0.15) is 26.3 Å². The summed E-state index contributed by atoms with van der Waals surface area (Å²) in [4.78, 5) is 26.9. The highest BCUT2D eigenvalue weighted by Crippen LogP contribution is 2.33. The number of amides is 1. The van der Waals surface area contributed by atoms with E-state index in [-0.39, 0.29) is 5.91 Å². The summed E-state index contributed by atoms with van der Waals surface area (Å²) >= 11 is 6.16. The van der Waals surface area contributed by atoms with Crippen LogP contribution in [0.5, 0.6) is 0 Å². The van der Waals surface area contributed by atoms with Crippen molar-refractivity contribution in [3.63, 3.8) is 0 Å². The van der Waals surface area contributed by atoms with Gasteiger partial charge in [-0.05, 0) is 65.9 Å². The van der Waals surface area contributed by atoms with Crippen LogP contribution in [0.15, 0.2) is 54.7 Å². The number of carbonyl (C=O) groups is 2. The van der Waals surface area contributed by atoms with Gasteiger partial charge in [0.25, 0.3) is 0 Å². The van der Waals surface area contributed by atoms with Crippen LogP contribution in [0.25, 0.3) is 11.3 Å². The molecule has 196 valence electrons. The molecule has 12 heteroatoms. The first-order valence-electron chi connectivity index (χ1n) is 10.7. The number of carboxylic acids is 1. The molecule has 0 atom stereocenters. The van der Waals surface area contributed by atoms with Crippen molar-refractivity contribution in [3.05, 3.63) is 82.0 Å². The van der Waals surface area contributed by atoms with Crippen molar-refractivity contribution in [1.82, 2.24) is 4.98 Å². The smallest absolute Gasteiger partial charge is 0.475 e. The predicted molar refractivity (Wildman–Crippen MR) is 124 cm³/mol. The van der Waals surface area contributed by atoms with E-state index in [4.69, 9.17) is 21.5 Å². The zero-order valence-corrected chi connectivity index (χ0v) is 19.9. The van der Waals surface area contributed by atoms with E-state index in [1.165, 1.54) is 13.0 Å². The number of carbonyl (C=O) groups excluding carboxylic acids is 1. The summed E-state index contributed by atoms with van der Waals surface area (Å²) in [5, 5.41) is 7.74. The first-order chi connectivity index (χ1) is 17.2. The Morgan fingerprint density at radius 2 is 1.57 bits per heavy atom. The van der Waals surface area contributed by atoms with E-state index in [2.05, 4.69) is 4.98 Å². The van der Waals surface area contributed by atoms with Gasteiger partial charge in [-0.3, -0.25) is 9.78 Å². The Bertz CT molecular complexity index is 1310. The first kappa shape index (κ1) is 28.0. The van der Waals surface area contributed by atoms with Crippen LogP contribution >= 0.6 is 11.6 Å². The number of hydrogen-bond donors (Lipinski definition) is 1. The summed E-state index contributed by atoms with van der Waals surface area (Å²) in [6.07, 6.45) is -7.23. The Balaban J connectivity index is 0.000000479. The molecule has 1 aliphatic rings. The number of anilines is 1. The Kier molecular flexibility index (Phi) is 8.16. The molecule has 5 nitrogen and oxygen atoms in total. The molecule has 0 aliphatic carbocycles. The van der Waals surface area contributed by atoms with Gasteiger partial charge in [0.15, 0.2) is 0 Å². The molecule has 2 aromatic carbocycles. The van der Waals surface area contributed by atoms with Crippen LogP contribution in [0.4, 0.5) is 32.0 Å². The normalized spacial score (nSPS) is 13.4. The van der Waals surface area contributed by atoms with E-state index >= 15 is 0 Å². The van der Waals surface area contributed by atoms with Crippen LogP contribution in [0.2, 0.25) is 5.02 Å². The number of nitrogens with zero attached hydrogens (tertiary/aromatic N) is 2. The monoisotopic (exact) mass is 544 g/mol. The molecule has 0 radical (unpaired) electrons. The number of rotatable bonds is 1. The van der Waals surface area contributed by atoms with E-state index in [1.807, 2.05) is 30.3 Å². The summed E-state index contributed by atoms with van der Waals surface area (Å²) in [6, 6.07) is 13.6. The predicted octanol–water partition coefficient (Wildman–Crippen LogP) is 6.71. The molecule has 4 rings (SSSR count). The Morgan fingerprint density at radius 1 is 0.919 bits per heavy atom. The van der Waals surface area contributed by atoms with E-state index < -0.39 is 23.9 Å². The van der Waals surface area contributed by atoms with Gasteiger partial charge in [-0.1, -0.05) is 23.7 Å². The summed E-state index contributed by atoms with van der Waals surface area (Å²) in [7, 11) is 0. The number of aromatic nitrogens is 1. The van der Waals surface area contributed by atoms with Crippen LogP contribution in [0.1, 0.15) is 29.2 Å². The minimum atomic E-state index is -5.08. The molecule has 0 saturated heterocycles. The number of alkyl halides is 6. The largest absolute Gasteiger partial charge is 0.490 e. The maximum atomic E-state index is 12.8. The lowest BCUT2D eigenvalue weighted by molar-refractivity contribution is -0.192. The highest BCUT2D eigenvalue weighted by Gasteiger charge is 2.38. The molecular weight excluding hydrogens is 526 g/mol. The SMILES string of the molecule is CC(=O)N1Cc2ccc(-c3ccc(C(F)(F)F)cn3)cc2CCc2cc(Cl)ccc21.O=C(O)C(F)(F)F.